The first-order chi connectivity index (χ1) is 13.8. The molecule has 2 aromatic rings. The summed E-state index contributed by atoms with van der Waals surface area (Å²) in [6.45, 7) is 7.93. The molecule has 0 radical (unpaired) electrons. The lowest BCUT2D eigenvalue weighted by Crippen LogP contribution is -2.40. The van der Waals surface area contributed by atoms with E-state index in [1.807, 2.05) is 26.0 Å². The number of rotatable bonds is 5. The molecule has 0 spiro atoms. The Hall–Kier alpha value is -2.38. The topological polar surface area (TPSA) is 67.9 Å². The van der Waals surface area contributed by atoms with Gasteiger partial charge in [-0.05, 0) is 68.3 Å². The van der Waals surface area contributed by atoms with Crippen LogP contribution >= 0.6 is 15.9 Å². The van der Waals surface area contributed by atoms with Gasteiger partial charge in [-0.1, -0.05) is 15.9 Å². The molecule has 0 saturated carbocycles. The molecule has 0 bridgehead atoms. The Morgan fingerprint density at radius 2 is 1.69 bits per heavy atom. The molecule has 1 saturated heterocycles. The Labute approximate surface area is 179 Å². The maximum absolute atomic E-state index is 12.5. The summed E-state index contributed by atoms with van der Waals surface area (Å²) in [6, 6.07) is 10.8. The van der Waals surface area contributed by atoms with E-state index in [0.29, 0.717) is 43.3 Å². The largest absolute Gasteiger partial charge is 0.480 e. The number of anilines is 1. The average molecular weight is 461 g/mol. The van der Waals surface area contributed by atoms with Gasteiger partial charge in [-0.25, -0.2) is 0 Å². The van der Waals surface area contributed by atoms with Gasteiger partial charge in [-0.15, -0.1) is 0 Å². The van der Waals surface area contributed by atoms with Crippen LogP contribution in [0.4, 0.5) is 5.69 Å². The van der Waals surface area contributed by atoms with Crippen LogP contribution in [0.3, 0.4) is 0 Å². The zero-order valence-electron chi connectivity index (χ0n) is 16.8. The number of carbonyl (C=O) groups is 2. The Kier molecular flexibility index (Phi) is 6.92. The molecule has 1 N–H and O–H groups in total. The summed E-state index contributed by atoms with van der Waals surface area (Å²) in [5.74, 6) is 0.436. The van der Waals surface area contributed by atoms with Gasteiger partial charge in [0.1, 0.15) is 5.75 Å². The minimum Gasteiger partial charge on any atom is -0.480 e. The summed E-state index contributed by atoms with van der Waals surface area (Å²) in [5, 5.41) is 2.84. The second kappa shape index (κ2) is 9.41. The molecule has 2 aromatic carbocycles. The first-order valence-electron chi connectivity index (χ1n) is 9.56. The van der Waals surface area contributed by atoms with Gasteiger partial charge < -0.3 is 19.7 Å². The molecule has 154 valence electrons. The SMILES string of the molecule is Cc1cc(Br)cc(C)c1OC(C)C(=O)Nc1ccc(C(=O)N2CCOCC2)cc1. The van der Waals surface area contributed by atoms with E-state index in [9.17, 15) is 9.59 Å². The molecule has 1 aliphatic heterocycles. The number of nitrogens with one attached hydrogen (secondary N) is 1. The van der Waals surface area contributed by atoms with Crippen LogP contribution in [0.25, 0.3) is 0 Å². The smallest absolute Gasteiger partial charge is 0.265 e. The van der Waals surface area contributed by atoms with E-state index in [4.69, 9.17) is 9.47 Å². The second-order valence-electron chi connectivity index (χ2n) is 7.10. The summed E-state index contributed by atoms with van der Waals surface area (Å²) in [6.07, 6.45) is -0.664. The van der Waals surface area contributed by atoms with Crippen molar-refractivity contribution in [2.45, 2.75) is 26.9 Å². The van der Waals surface area contributed by atoms with Crippen molar-refractivity contribution in [1.29, 1.82) is 0 Å². The van der Waals surface area contributed by atoms with E-state index < -0.39 is 6.10 Å². The number of hydrogen-bond donors (Lipinski definition) is 1. The standard InChI is InChI=1S/C22H25BrN2O4/c1-14-12-18(23)13-15(2)20(14)29-16(3)21(26)24-19-6-4-17(5-7-19)22(27)25-8-10-28-11-9-25/h4-7,12-13,16H,8-11H2,1-3H3,(H,24,26). The van der Waals surface area contributed by atoms with E-state index in [2.05, 4.69) is 21.2 Å². The third-order valence-electron chi connectivity index (χ3n) is 4.79. The molecular formula is C22H25BrN2O4. The number of carbonyl (C=O) groups excluding carboxylic acids is 2. The zero-order valence-corrected chi connectivity index (χ0v) is 18.4. The van der Waals surface area contributed by atoms with Crippen molar-refractivity contribution in [3.63, 3.8) is 0 Å². The summed E-state index contributed by atoms with van der Waals surface area (Å²) in [7, 11) is 0. The molecule has 29 heavy (non-hydrogen) atoms. The van der Waals surface area contributed by atoms with Crippen LogP contribution in [0.1, 0.15) is 28.4 Å². The van der Waals surface area contributed by atoms with Gasteiger partial charge in [-0.2, -0.15) is 0 Å². The number of ether oxygens (including phenoxy) is 2. The molecule has 0 aliphatic carbocycles. The number of halogens is 1. The molecule has 0 aromatic heterocycles. The summed E-state index contributed by atoms with van der Waals surface area (Å²) in [5.41, 5.74) is 3.13. The molecule has 2 amide bonds. The van der Waals surface area contributed by atoms with Crippen LogP contribution in [0.5, 0.6) is 5.75 Å². The zero-order chi connectivity index (χ0) is 21.0. The van der Waals surface area contributed by atoms with Crippen LogP contribution in [-0.4, -0.2) is 49.1 Å². The molecule has 3 rings (SSSR count). The molecule has 1 unspecified atom stereocenters. The van der Waals surface area contributed by atoms with Crippen molar-refractivity contribution in [3.05, 3.63) is 57.6 Å². The fraction of sp³-hybridized carbons (Fsp3) is 0.364. The Morgan fingerprint density at radius 1 is 1.10 bits per heavy atom. The van der Waals surface area contributed by atoms with E-state index >= 15 is 0 Å². The Bertz CT molecular complexity index is 869. The summed E-state index contributed by atoms with van der Waals surface area (Å²) >= 11 is 3.46. The lowest BCUT2D eigenvalue weighted by atomic mass is 10.1. The monoisotopic (exact) mass is 460 g/mol. The van der Waals surface area contributed by atoms with Crippen molar-refractivity contribution < 1.29 is 19.1 Å². The first-order valence-corrected chi connectivity index (χ1v) is 10.4. The minimum atomic E-state index is -0.664. The third-order valence-corrected chi connectivity index (χ3v) is 5.24. The maximum Gasteiger partial charge on any atom is 0.265 e. The van der Waals surface area contributed by atoms with Gasteiger partial charge in [0.2, 0.25) is 0 Å². The fourth-order valence-electron chi connectivity index (χ4n) is 3.20. The van der Waals surface area contributed by atoms with Crippen molar-refractivity contribution in [1.82, 2.24) is 4.90 Å². The number of morpholine rings is 1. The predicted molar refractivity (Wildman–Crippen MR) is 116 cm³/mol. The highest BCUT2D eigenvalue weighted by Crippen LogP contribution is 2.28. The van der Waals surface area contributed by atoms with Crippen LogP contribution in [-0.2, 0) is 9.53 Å². The van der Waals surface area contributed by atoms with Gasteiger partial charge in [0.15, 0.2) is 6.10 Å². The Morgan fingerprint density at radius 3 is 2.28 bits per heavy atom. The number of amides is 2. The highest BCUT2D eigenvalue weighted by atomic mass is 79.9. The van der Waals surface area contributed by atoms with E-state index in [1.54, 1.807) is 36.1 Å². The maximum atomic E-state index is 12.5. The third kappa shape index (κ3) is 5.36. The molecule has 1 fully saturated rings. The molecule has 1 aliphatic rings. The van der Waals surface area contributed by atoms with Crippen LogP contribution in [0.15, 0.2) is 40.9 Å². The van der Waals surface area contributed by atoms with E-state index in [-0.39, 0.29) is 11.8 Å². The number of nitrogens with zero attached hydrogens (tertiary/aromatic N) is 1. The molecule has 1 heterocycles. The fourth-order valence-corrected chi connectivity index (χ4v) is 3.89. The quantitative estimate of drug-likeness (QED) is 0.733. The van der Waals surface area contributed by atoms with Crippen LogP contribution in [0, 0.1) is 13.8 Å². The highest BCUT2D eigenvalue weighted by Gasteiger charge is 2.20. The lowest BCUT2D eigenvalue weighted by molar-refractivity contribution is -0.122. The predicted octanol–water partition coefficient (Wildman–Crippen LogP) is 3.94. The molecule has 6 nitrogen and oxygen atoms in total. The molecule has 1 atom stereocenters. The van der Waals surface area contributed by atoms with Gasteiger partial charge in [0.05, 0.1) is 13.2 Å². The molecular weight excluding hydrogens is 436 g/mol. The van der Waals surface area contributed by atoms with Gasteiger partial charge in [-0.3, -0.25) is 9.59 Å². The van der Waals surface area contributed by atoms with Crippen LogP contribution in [0.2, 0.25) is 0 Å². The minimum absolute atomic E-state index is 0.0240. The number of hydrogen-bond acceptors (Lipinski definition) is 4. The number of benzene rings is 2. The van der Waals surface area contributed by atoms with E-state index in [0.717, 1.165) is 15.6 Å². The van der Waals surface area contributed by atoms with Gasteiger partial charge >= 0.3 is 0 Å². The normalized spacial score (nSPS) is 15.0. The summed E-state index contributed by atoms with van der Waals surface area (Å²) in [4.78, 5) is 26.8. The lowest BCUT2D eigenvalue weighted by Gasteiger charge is -2.26. The highest BCUT2D eigenvalue weighted by molar-refractivity contribution is 9.10. The van der Waals surface area contributed by atoms with Crippen LogP contribution < -0.4 is 10.1 Å². The second-order valence-corrected chi connectivity index (χ2v) is 8.02. The van der Waals surface area contributed by atoms with Crippen molar-refractivity contribution in [2.24, 2.45) is 0 Å². The summed E-state index contributed by atoms with van der Waals surface area (Å²) < 4.78 is 12.2. The first kappa shape index (κ1) is 21.3. The Balaban J connectivity index is 1.61. The average Bonchev–Trinajstić information content (AvgIpc) is 2.71. The number of aryl methyl sites for hydroxylation is 2. The molecule has 7 heteroatoms. The van der Waals surface area contributed by atoms with Crippen molar-refractivity contribution in [2.75, 3.05) is 31.6 Å². The van der Waals surface area contributed by atoms with E-state index in [1.165, 1.54) is 0 Å². The van der Waals surface area contributed by atoms with Crippen molar-refractivity contribution >= 4 is 33.4 Å². The van der Waals surface area contributed by atoms with Crippen molar-refractivity contribution in [3.8, 4) is 5.75 Å². The van der Waals surface area contributed by atoms with Gasteiger partial charge in [0, 0.05) is 28.8 Å². The van der Waals surface area contributed by atoms with Gasteiger partial charge in [0.25, 0.3) is 11.8 Å².